The molecule has 11 heteroatoms. The number of thiazole rings is 1. The Kier molecular flexibility index (Phi) is 7.06. The van der Waals surface area contributed by atoms with Gasteiger partial charge in [0, 0.05) is 28.9 Å². The van der Waals surface area contributed by atoms with Gasteiger partial charge in [-0.1, -0.05) is 25.2 Å². The van der Waals surface area contributed by atoms with Gasteiger partial charge >= 0.3 is 6.09 Å². The van der Waals surface area contributed by atoms with E-state index in [2.05, 4.69) is 11.1 Å². The standard InChI is InChI=1S/C28H26F2N6O2S/c1-4-36(28-34-25(24(12-31)39-28)16-5-7-17(29)8-6-16)23-11-22(15(2)3)33-26-20(23)9-18(10-21(26)30)35-13-19(14-35)38-27(32)37/h5-11,15,19H,4,13-14H2,1-3H3,(H2,32,37). The lowest BCUT2D eigenvalue weighted by atomic mass is 10.0. The molecule has 2 N–H and O–H groups in total. The van der Waals surface area contributed by atoms with Crippen LogP contribution < -0.4 is 15.5 Å². The van der Waals surface area contributed by atoms with E-state index in [0.717, 1.165) is 5.69 Å². The van der Waals surface area contributed by atoms with E-state index in [-0.39, 0.29) is 23.4 Å². The smallest absolute Gasteiger partial charge is 0.404 e. The van der Waals surface area contributed by atoms with E-state index in [9.17, 15) is 14.4 Å². The van der Waals surface area contributed by atoms with E-state index in [1.165, 1.54) is 29.5 Å². The van der Waals surface area contributed by atoms with Crippen LogP contribution in [0.3, 0.4) is 0 Å². The van der Waals surface area contributed by atoms with Gasteiger partial charge in [0.1, 0.15) is 34.1 Å². The maximum absolute atomic E-state index is 15.5. The number of ether oxygens (including phenoxy) is 1. The van der Waals surface area contributed by atoms with Crippen LogP contribution in [0, 0.1) is 23.0 Å². The summed E-state index contributed by atoms with van der Waals surface area (Å²) in [5.41, 5.74) is 8.51. The number of hydrogen-bond donors (Lipinski definition) is 1. The molecule has 8 nitrogen and oxygen atoms in total. The van der Waals surface area contributed by atoms with Gasteiger partial charge in [-0.2, -0.15) is 5.26 Å². The van der Waals surface area contributed by atoms with Crippen molar-refractivity contribution in [1.29, 1.82) is 5.26 Å². The fourth-order valence-corrected chi connectivity index (χ4v) is 5.54. The molecule has 5 rings (SSSR count). The first-order chi connectivity index (χ1) is 18.7. The first-order valence-electron chi connectivity index (χ1n) is 12.5. The number of amides is 1. The molecule has 0 unspecified atom stereocenters. The molecule has 3 heterocycles. The van der Waals surface area contributed by atoms with E-state index in [0.29, 0.717) is 57.7 Å². The number of benzene rings is 2. The minimum atomic E-state index is -0.837. The summed E-state index contributed by atoms with van der Waals surface area (Å²) in [6, 6.07) is 13.3. The second-order valence-electron chi connectivity index (χ2n) is 9.55. The lowest BCUT2D eigenvalue weighted by Crippen LogP contribution is -2.53. The molecule has 0 radical (unpaired) electrons. The fraction of sp³-hybridized carbons (Fsp3) is 0.286. The van der Waals surface area contributed by atoms with Gasteiger partial charge < -0.3 is 20.3 Å². The average molecular weight is 549 g/mol. The molecule has 2 aromatic heterocycles. The highest BCUT2D eigenvalue weighted by Gasteiger charge is 2.31. The average Bonchev–Trinajstić information content (AvgIpc) is 3.30. The van der Waals surface area contributed by atoms with Crippen molar-refractivity contribution in [2.45, 2.75) is 32.8 Å². The van der Waals surface area contributed by atoms with Gasteiger partial charge in [-0.15, -0.1) is 0 Å². The first-order valence-corrected chi connectivity index (χ1v) is 13.3. The Morgan fingerprint density at radius 1 is 1.23 bits per heavy atom. The van der Waals surface area contributed by atoms with Crippen molar-refractivity contribution in [2.24, 2.45) is 5.73 Å². The Bertz CT molecular complexity index is 1590. The number of nitrogens with two attached hydrogens (primary N) is 1. The third-order valence-electron chi connectivity index (χ3n) is 6.61. The molecule has 1 saturated heterocycles. The summed E-state index contributed by atoms with van der Waals surface area (Å²) in [7, 11) is 0. The number of rotatable bonds is 7. The third-order valence-corrected chi connectivity index (χ3v) is 7.59. The molecule has 0 bridgehead atoms. The second-order valence-corrected chi connectivity index (χ2v) is 10.5. The Morgan fingerprint density at radius 2 is 1.95 bits per heavy atom. The Balaban J connectivity index is 1.62. The van der Waals surface area contributed by atoms with Crippen LogP contribution in [0.4, 0.5) is 30.1 Å². The molecule has 0 aliphatic carbocycles. The van der Waals surface area contributed by atoms with Gasteiger partial charge in [-0.25, -0.2) is 23.5 Å². The predicted molar refractivity (Wildman–Crippen MR) is 147 cm³/mol. The SMILES string of the molecule is CCN(c1nc(-c2ccc(F)cc2)c(C#N)s1)c1cc(C(C)C)nc2c(F)cc(N3CC(OC(N)=O)C3)cc12. The highest BCUT2D eigenvalue weighted by atomic mass is 32.1. The number of primary amides is 1. The maximum Gasteiger partial charge on any atom is 0.404 e. The highest BCUT2D eigenvalue weighted by molar-refractivity contribution is 7.16. The monoisotopic (exact) mass is 548 g/mol. The number of fused-ring (bicyclic) bond motifs is 1. The van der Waals surface area contributed by atoms with Crippen LogP contribution in [0.5, 0.6) is 0 Å². The molecule has 0 saturated carbocycles. The van der Waals surface area contributed by atoms with E-state index in [1.54, 1.807) is 12.1 Å². The minimum Gasteiger partial charge on any atom is -0.443 e. The molecule has 0 atom stereocenters. The number of nitriles is 1. The quantitative estimate of drug-likeness (QED) is 0.298. The number of halogens is 2. The number of hydrogen-bond acceptors (Lipinski definition) is 8. The molecule has 1 aliphatic heterocycles. The molecule has 0 spiro atoms. The summed E-state index contributed by atoms with van der Waals surface area (Å²) in [4.78, 5) is 24.7. The van der Waals surface area contributed by atoms with E-state index < -0.39 is 11.9 Å². The Hall–Kier alpha value is -4.30. The van der Waals surface area contributed by atoms with Crippen LogP contribution in [0.25, 0.3) is 22.2 Å². The summed E-state index contributed by atoms with van der Waals surface area (Å²) >= 11 is 1.22. The van der Waals surface area contributed by atoms with Gasteiger partial charge in [-0.05, 0) is 55.3 Å². The van der Waals surface area contributed by atoms with Crippen molar-refractivity contribution in [2.75, 3.05) is 29.4 Å². The Morgan fingerprint density at radius 3 is 2.56 bits per heavy atom. The van der Waals surface area contributed by atoms with Crippen molar-refractivity contribution in [3.05, 3.63) is 64.7 Å². The number of carbonyl (C=O) groups is 1. The van der Waals surface area contributed by atoms with Crippen molar-refractivity contribution >= 4 is 44.8 Å². The van der Waals surface area contributed by atoms with Crippen LogP contribution in [-0.2, 0) is 4.74 Å². The molecule has 1 amide bonds. The third kappa shape index (κ3) is 5.07. The number of anilines is 3. The van der Waals surface area contributed by atoms with Crippen molar-refractivity contribution in [1.82, 2.24) is 9.97 Å². The topological polar surface area (TPSA) is 108 Å². The minimum absolute atomic E-state index is 0.0359. The zero-order chi connectivity index (χ0) is 27.8. The normalized spacial score (nSPS) is 13.4. The van der Waals surface area contributed by atoms with Crippen LogP contribution in [-0.4, -0.2) is 41.8 Å². The molecule has 200 valence electrons. The van der Waals surface area contributed by atoms with Crippen LogP contribution in [0.2, 0.25) is 0 Å². The molecule has 2 aromatic carbocycles. The molecule has 1 fully saturated rings. The summed E-state index contributed by atoms with van der Waals surface area (Å²) in [5, 5.41) is 11.0. The van der Waals surface area contributed by atoms with Crippen molar-refractivity contribution in [3.8, 4) is 17.3 Å². The molecule has 1 aliphatic rings. The summed E-state index contributed by atoms with van der Waals surface area (Å²) < 4.78 is 34.1. The van der Waals surface area contributed by atoms with Crippen LogP contribution in [0.15, 0.2) is 42.5 Å². The van der Waals surface area contributed by atoms with Crippen molar-refractivity contribution < 1.29 is 18.3 Å². The van der Waals surface area contributed by atoms with E-state index in [1.807, 2.05) is 42.7 Å². The van der Waals surface area contributed by atoms with Crippen LogP contribution in [0.1, 0.15) is 37.3 Å². The fourth-order valence-electron chi connectivity index (χ4n) is 4.57. The zero-order valence-corrected chi connectivity index (χ0v) is 22.4. The zero-order valence-electron chi connectivity index (χ0n) is 21.6. The number of pyridine rings is 1. The van der Waals surface area contributed by atoms with Gasteiger partial charge in [0.25, 0.3) is 0 Å². The van der Waals surface area contributed by atoms with E-state index in [4.69, 9.17) is 15.5 Å². The van der Waals surface area contributed by atoms with E-state index >= 15 is 4.39 Å². The first kappa shape index (κ1) is 26.3. The lowest BCUT2D eigenvalue weighted by Gasteiger charge is -2.40. The summed E-state index contributed by atoms with van der Waals surface area (Å²) in [5.74, 6) is -0.806. The number of nitrogens with zero attached hydrogens (tertiary/aromatic N) is 5. The molecular weight excluding hydrogens is 522 g/mol. The maximum atomic E-state index is 15.5. The van der Waals surface area contributed by atoms with Gasteiger partial charge in [0.15, 0.2) is 10.9 Å². The van der Waals surface area contributed by atoms with Gasteiger partial charge in [0.05, 0.1) is 18.8 Å². The highest BCUT2D eigenvalue weighted by Crippen LogP contribution is 2.41. The Labute approximate surface area is 228 Å². The summed E-state index contributed by atoms with van der Waals surface area (Å²) in [6.45, 7) is 7.22. The number of aromatic nitrogens is 2. The molecule has 4 aromatic rings. The van der Waals surface area contributed by atoms with Gasteiger partial charge in [0.2, 0.25) is 0 Å². The van der Waals surface area contributed by atoms with Crippen molar-refractivity contribution in [3.63, 3.8) is 0 Å². The molecular formula is C28H26F2N6O2S. The largest absolute Gasteiger partial charge is 0.443 e. The second kappa shape index (κ2) is 10.5. The van der Waals surface area contributed by atoms with Crippen LogP contribution >= 0.6 is 11.3 Å². The number of carbonyl (C=O) groups excluding carboxylic acids is 1. The predicted octanol–water partition coefficient (Wildman–Crippen LogP) is 6.07. The van der Waals surface area contributed by atoms with Gasteiger partial charge in [-0.3, -0.25) is 0 Å². The molecule has 39 heavy (non-hydrogen) atoms. The summed E-state index contributed by atoms with van der Waals surface area (Å²) in [6.07, 6.45) is -1.19. The lowest BCUT2D eigenvalue weighted by molar-refractivity contribution is 0.0889.